The van der Waals surface area contributed by atoms with Gasteiger partial charge in [0.15, 0.2) is 0 Å². The van der Waals surface area contributed by atoms with Gasteiger partial charge < -0.3 is 15.5 Å². The van der Waals surface area contributed by atoms with Crippen molar-refractivity contribution in [2.24, 2.45) is 5.73 Å². The quantitative estimate of drug-likeness (QED) is 0.930. The lowest BCUT2D eigenvalue weighted by Crippen LogP contribution is -2.47. The number of nitrogens with zero attached hydrogens (tertiary/aromatic N) is 2. The zero-order chi connectivity index (χ0) is 14.7. The van der Waals surface area contributed by atoms with E-state index in [4.69, 9.17) is 17.3 Å². The number of rotatable bonds is 3. The van der Waals surface area contributed by atoms with Crippen LogP contribution in [0.2, 0.25) is 5.02 Å². The standard InChI is InChI=1S/C17H26ClN3/c18-16-6-4-5-14(13-19)17(16)21-11-7-15(8-12-21)20-9-2-1-3-10-20/h4-6,15H,1-3,7-13,19H2. The highest BCUT2D eigenvalue weighted by molar-refractivity contribution is 6.33. The van der Waals surface area contributed by atoms with Crippen molar-refractivity contribution in [1.29, 1.82) is 0 Å². The SMILES string of the molecule is NCc1cccc(Cl)c1N1CCC(N2CCCCC2)CC1. The lowest BCUT2D eigenvalue weighted by atomic mass is 9.99. The zero-order valence-electron chi connectivity index (χ0n) is 12.7. The van der Waals surface area contributed by atoms with E-state index in [-0.39, 0.29) is 0 Å². The summed E-state index contributed by atoms with van der Waals surface area (Å²) in [6.07, 6.45) is 6.66. The smallest absolute Gasteiger partial charge is 0.0642 e. The number of para-hydroxylation sites is 1. The van der Waals surface area contributed by atoms with Crippen molar-refractivity contribution < 1.29 is 0 Å². The predicted octanol–water partition coefficient (Wildman–Crippen LogP) is 3.25. The second-order valence-corrected chi connectivity index (χ2v) is 6.67. The number of benzene rings is 1. The molecule has 21 heavy (non-hydrogen) atoms. The lowest BCUT2D eigenvalue weighted by Gasteiger charge is -2.41. The Morgan fingerprint density at radius 3 is 2.43 bits per heavy atom. The fourth-order valence-electron chi connectivity index (χ4n) is 3.82. The van der Waals surface area contributed by atoms with Gasteiger partial charge in [0.2, 0.25) is 0 Å². The molecule has 2 aliphatic heterocycles. The van der Waals surface area contributed by atoms with Gasteiger partial charge in [-0.2, -0.15) is 0 Å². The van der Waals surface area contributed by atoms with Crippen LogP contribution in [0, 0.1) is 0 Å². The molecule has 1 aromatic rings. The van der Waals surface area contributed by atoms with Crippen molar-refractivity contribution in [1.82, 2.24) is 4.90 Å². The van der Waals surface area contributed by atoms with Gasteiger partial charge >= 0.3 is 0 Å². The molecule has 2 N–H and O–H groups in total. The van der Waals surface area contributed by atoms with Crippen LogP contribution in [0.5, 0.6) is 0 Å². The van der Waals surface area contributed by atoms with Crippen molar-refractivity contribution in [3.05, 3.63) is 28.8 Å². The fourth-order valence-corrected chi connectivity index (χ4v) is 4.13. The number of anilines is 1. The minimum Gasteiger partial charge on any atom is -0.370 e. The Morgan fingerprint density at radius 2 is 1.76 bits per heavy atom. The van der Waals surface area contributed by atoms with Crippen LogP contribution < -0.4 is 10.6 Å². The number of hydrogen-bond donors (Lipinski definition) is 1. The van der Waals surface area contributed by atoms with E-state index in [1.807, 2.05) is 12.1 Å². The van der Waals surface area contributed by atoms with Crippen LogP contribution in [0.15, 0.2) is 18.2 Å². The normalized spacial score (nSPS) is 21.7. The van der Waals surface area contributed by atoms with E-state index < -0.39 is 0 Å². The molecule has 0 spiro atoms. The molecule has 0 atom stereocenters. The maximum absolute atomic E-state index is 6.42. The van der Waals surface area contributed by atoms with Gasteiger partial charge in [0, 0.05) is 25.7 Å². The molecule has 2 heterocycles. The fraction of sp³-hybridized carbons (Fsp3) is 0.647. The van der Waals surface area contributed by atoms with E-state index >= 15 is 0 Å². The molecule has 3 rings (SSSR count). The van der Waals surface area contributed by atoms with Crippen LogP contribution in [0.25, 0.3) is 0 Å². The Kier molecular flexibility index (Phi) is 5.04. The van der Waals surface area contributed by atoms with Crippen LogP contribution in [0.1, 0.15) is 37.7 Å². The molecular weight excluding hydrogens is 282 g/mol. The van der Waals surface area contributed by atoms with Gasteiger partial charge in [0.1, 0.15) is 0 Å². The van der Waals surface area contributed by atoms with Crippen LogP contribution in [0.4, 0.5) is 5.69 Å². The summed E-state index contributed by atoms with van der Waals surface area (Å²) in [4.78, 5) is 5.14. The molecule has 0 aromatic heterocycles. The van der Waals surface area contributed by atoms with Gasteiger partial charge in [-0.25, -0.2) is 0 Å². The van der Waals surface area contributed by atoms with E-state index in [2.05, 4.69) is 15.9 Å². The molecule has 116 valence electrons. The van der Waals surface area contributed by atoms with E-state index in [9.17, 15) is 0 Å². The van der Waals surface area contributed by atoms with Gasteiger partial charge in [-0.1, -0.05) is 30.2 Å². The summed E-state index contributed by atoms with van der Waals surface area (Å²) in [5.74, 6) is 0. The van der Waals surface area contributed by atoms with E-state index in [1.54, 1.807) is 0 Å². The maximum Gasteiger partial charge on any atom is 0.0642 e. The second-order valence-electron chi connectivity index (χ2n) is 6.27. The van der Waals surface area contributed by atoms with Gasteiger partial charge in [0.25, 0.3) is 0 Å². The highest BCUT2D eigenvalue weighted by atomic mass is 35.5. The number of nitrogens with two attached hydrogens (primary N) is 1. The van der Waals surface area contributed by atoms with Crippen LogP contribution in [0.3, 0.4) is 0 Å². The minimum atomic E-state index is 0.557. The van der Waals surface area contributed by atoms with Crippen molar-refractivity contribution in [3.63, 3.8) is 0 Å². The summed E-state index contributed by atoms with van der Waals surface area (Å²) < 4.78 is 0. The minimum absolute atomic E-state index is 0.557. The van der Waals surface area contributed by atoms with E-state index in [1.165, 1.54) is 56.4 Å². The summed E-state index contributed by atoms with van der Waals surface area (Å²) >= 11 is 6.42. The maximum atomic E-state index is 6.42. The monoisotopic (exact) mass is 307 g/mol. The Morgan fingerprint density at radius 1 is 1.05 bits per heavy atom. The Hall–Kier alpha value is -0.770. The average Bonchev–Trinajstić information content (AvgIpc) is 2.55. The van der Waals surface area contributed by atoms with Gasteiger partial charge in [-0.05, 0) is 50.4 Å². The molecule has 3 nitrogen and oxygen atoms in total. The Labute approximate surface area is 133 Å². The average molecular weight is 308 g/mol. The van der Waals surface area contributed by atoms with E-state index in [0.29, 0.717) is 6.54 Å². The third-order valence-electron chi connectivity index (χ3n) is 4.98. The van der Waals surface area contributed by atoms with Crippen molar-refractivity contribution in [2.75, 3.05) is 31.1 Å². The first-order valence-corrected chi connectivity index (χ1v) is 8.64. The molecule has 2 saturated heterocycles. The van der Waals surface area contributed by atoms with Gasteiger partial charge in [0.05, 0.1) is 10.7 Å². The Balaban J connectivity index is 1.65. The molecule has 0 unspecified atom stereocenters. The lowest BCUT2D eigenvalue weighted by molar-refractivity contribution is 0.141. The molecule has 0 aliphatic carbocycles. The van der Waals surface area contributed by atoms with Crippen molar-refractivity contribution in [2.45, 2.75) is 44.7 Å². The molecule has 2 aliphatic rings. The first-order chi connectivity index (χ1) is 10.3. The molecule has 0 saturated carbocycles. The Bertz CT molecular complexity index is 463. The highest BCUT2D eigenvalue weighted by Gasteiger charge is 2.27. The van der Waals surface area contributed by atoms with E-state index in [0.717, 1.165) is 24.2 Å². The summed E-state index contributed by atoms with van der Waals surface area (Å²) in [7, 11) is 0. The molecule has 0 bridgehead atoms. The summed E-state index contributed by atoms with van der Waals surface area (Å²) in [6.45, 7) is 5.34. The number of hydrogen-bond acceptors (Lipinski definition) is 3. The van der Waals surface area contributed by atoms with Crippen molar-refractivity contribution in [3.8, 4) is 0 Å². The van der Waals surface area contributed by atoms with Crippen LogP contribution in [-0.4, -0.2) is 37.1 Å². The summed E-state index contributed by atoms with van der Waals surface area (Å²) in [5.41, 5.74) is 8.21. The highest BCUT2D eigenvalue weighted by Crippen LogP contribution is 2.33. The topological polar surface area (TPSA) is 32.5 Å². The first kappa shape index (κ1) is 15.1. The predicted molar refractivity (Wildman–Crippen MR) is 90.0 cm³/mol. The third-order valence-corrected chi connectivity index (χ3v) is 5.28. The largest absolute Gasteiger partial charge is 0.370 e. The summed E-state index contributed by atoms with van der Waals surface area (Å²) in [6, 6.07) is 6.84. The summed E-state index contributed by atoms with van der Waals surface area (Å²) in [5, 5.41) is 0.842. The van der Waals surface area contributed by atoms with Gasteiger partial charge in [-0.15, -0.1) is 0 Å². The molecule has 1 aromatic carbocycles. The van der Waals surface area contributed by atoms with Crippen LogP contribution >= 0.6 is 11.6 Å². The van der Waals surface area contributed by atoms with Crippen LogP contribution in [-0.2, 0) is 6.54 Å². The number of likely N-dealkylation sites (tertiary alicyclic amines) is 1. The number of halogens is 1. The third kappa shape index (κ3) is 3.36. The van der Waals surface area contributed by atoms with Crippen molar-refractivity contribution >= 4 is 17.3 Å². The molecular formula is C17H26ClN3. The molecule has 0 amide bonds. The second kappa shape index (κ2) is 6.99. The number of piperidine rings is 2. The molecule has 4 heteroatoms. The first-order valence-electron chi connectivity index (χ1n) is 8.26. The van der Waals surface area contributed by atoms with Gasteiger partial charge in [-0.3, -0.25) is 0 Å². The molecule has 0 radical (unpaired) electrons. The molecule has 2 fully saturated rings. The zero-order valence-corrected chi connectivity index (χ0v) is 13.5.